The van der Waals surface area contributed by atoms with Gasteiger partial charge in [0.1, 0.15) is 17.4 Å². The van der Waals surface area contributed by atoms with Gasteiger partial charge in [-0.25, -0.2) is 4.98 Å². The number of hydrogen-bond donors (Lipinski definition) is 1. The number of ether oxygens (including phenoxy) is 3. The molecule has 1 N–H and O–H groups in total. The molecule has 0 bridgehead atoms. The average molecular weight is 471 g/mol. The molecule has 0 fully saturated rings. The van der Waals surface area contributed by atoms with Crippen LogP contribution in [0.1, 0.15) is 46.9 Å². The molecule has 0 saturated carbocycles. The minimum Gasteiger partial charge on any atom is -0.497 e. The van der Waals surface area contributed by atoms with E-state index < -0.39 is 0 Å². The van der Waals surface area contributed by atoms with Gasteiger partial charge in [-0.1, -0.05) is 19.1 Å². The van der Waals surface area contributed by atoms with E-state index in [1.165, 1.54) is 11.3 Å². The highest BCUT2D eigenvalue weighted by atomic mass is 32.1. The minimum atomic E-state index is -0.0952. The number of aliphatic hydroxyl groups is 1. The maximum Gasteiger partial charge on any atom is 0.254 e. The summed E-state index contributed by atoms with van der Waals surface area (Å²) in [6, 6.07) is 12.9. The largest absolute Gasteiger partial charge is 0.497 e. The first-order valence-corrected chi connectivity index (χ1v) is 11.7. The summed E-state index contributed by atoms with van der Waals surface area (Å²) in [5.74, 6) is 1.78. The summed E-state index contributed by atoms with van der Waals surface area (Å²) in [6.45, 7) is 4.70. The van der Waals surface area contributed by atoms with Crippen molar-refractivity contribution in [3.05, 3.63) is 69.7 Å². The van der Waals surface area contributed by atoms with Crippen LogP contribution in [-0.2, 0) is 19.8 Å². The number of rotatable bonds is 11. The molecule has 7 nitrogen and oxygen atoms in total. The number of hydrogen-bond acceptors (Lipinski definition) is 7. The third kappa shape index (κ3) is 6.24. The van der Waals surface area contributed by atoms with Crippen molar-refractivity contribution in [1.29, 1.82) is 0 Å². The van der Waals surface area contributed by atoms with Gasteiger partial charge >= 0.3 is 0 Å². The minimum absolute atomic E-state index is 0.0439. The number of carbonyl (C=O) groups excluding carboxylic acids is 1. The topological polar surface area (TPSA) is 81.1 Å². The average Bonchev–Trinajstić information content (AvgIpc) is 3.33. The normalized spacial score (nSPS) is 11.7. The van der Waals surface area contributed by atoms with Crippen molar-refractivity contribution < 1.29 is 24.1 Å². The van der Waals surface area contributed by atoms with Gasteiger partial charge in [-0.05, 0) is 49.2 Å². The molecule has 0 radical (unpaired) electrons. The van der Waals surface area contributed by atoms with E-state index >= 15 is 0 Å². The van der Waals surface area contributed by atoms with Crippen LogP contribution in [-0.4, -0.2) is 41.2 Å². The van der Waals surface area contributed by atoms with Crippen molar-refractivity contribution >= 4 is 17.2 Å². The number of nitrogens with zero attached hydrogens (tertiary/aromatic N) is 2. The van der Waals surface area contributed by atoms with Crippen molar-refractivity contribution in [3.8, 4) is 17.2 Å². The first kappa shape index (κ1) is 24.5. The molecule has 1 amide bonds. The number of aliphatic hydroxyl groups excluding tert-OH is 1. The molecule has 1 atom stereocenters. The Hall–Kier alpha value is -3.10. The zero-order valence-electron chi connectivity index (χ0n) is 19.4. The van der Waals surface area contributed by atoms with Crippen molar-refractivity contribution in [1.82, 2.24) is 9.88 Å². The molecule has 8 heteroatoms. The van der Waals surface area contributed by atoms with Crippen LogP contribution >= 0.6 is 11.3 Å². The summed E-state index contributed by atoms with van der Waals surface area (Å²) < 4.78 is 16.7. The lowest BCUT2D eigenvalue weighted by Gasteiger charge is -2.29. The van der Waals surface area contributed by atoms with Crippen LogP contribution in [0.15, 0.2) is 47.8 Å². The van der Waals surface area contributed by atoms with Gasteiger partial charge in [-0.15, -0.1) is 11.3 Å². The van der Waals surface area contributed by atoms with Crippen LogP contribution in [0, 0.1) is 0 Å². The molecular weight excluding hydrogens is 440 g/mol. The Bertz CT molecular complexity index is 1070. The molecule has 3 rings (SSSR count). The molecule has 2 aromatic carbocycles. The van der Waals surface area contributed by atoms with E-state index in [-0.39, 0.29) is 25.2 Å². The summed E-state index contributed by atoms with van der Waals surface area (Å²) in [7, 11) is 3.18. The van der Waals surface area contributed by atoms with E-state index in [0.717, 1.165) is 17.0 Å². The Morgan fingerprint density at radius 3 is 2.64 bits per heavy atom. The first-order chi connectivity index (χ1) is 16.0. The number of benzene rings is 2. The maximum absolute atomic E-state index is 13.4. The first-order valence-electron chi connectivity index (χ1n) is 10.8. The zero-order chi connectivity index (χ0) is 23.8. The summed E-state index contributed by atoms with van der Waals surface area (Å²) in [5, 5.41) is 11.8. The standard InChI is InChI=1S/C25H30N2O5S/c1-5-17(2)27(25(29)19-7-6-8-21(12-19)30-3)13-18-9-10-22(31-4)23(11-18)32-15-24-26-20(14-28)16-33-24/h6-12,16-17,28H,5,13-15H2,1-4H3/t17-/m1/s1. The predicted octanol–water partition coefficient (Wildman–Crippen LogP) is 4.67. The molecule has 0 unspecified atom stereocenters. The molecule has 1 heterocycles. The Labute approximate surface area is 198 Å². The van der Waals surface area contributed by atoms with Crippen molar-refractivity contribution in [2.45, 2.75) is 46.1 Å². The fraction of sp³-hybridized carbons (Fsp3) is 0.360. The molecule has 0 aliphatic rings. The SMILES string of the molecule is CC[C@@H](C)N(Cc1ccc(OC)c(OCc2nc(CO)cs2)c1)C(=O)c1cccc(OC)c1. The molecule has 176 valence electrons. The van der Waals surface area contributed by atoms with Crippen LogP contribution in [0.3, 0.4) is 0 Å². The third-order valence-corrected chi connectivity index (χ3v) is 6.26. The van der Waals surface area contributed by atoms with Crippen molar-refractivity contribution in [2.24, 2.45) is 0 Å². The molecule has 0 aliphatic heterocycles. The number of amides is 1. The summed E-state index contributed by atoms with van der Waals surface area (Å²) in [6.07, 6.45) is 0.826. The molecule has 0 spiro atoms. The Balaban J connectivity index is 1.81. The number of thiazole rings is 1. The maximum atomic E-state index is 13.4. The van der Waals surface area contributed by atoms with Crippen molar-refractivity contribution in [2.75, 3.05) is 14.2 Å². The van der Waals surface area contributed by atoms with E-state index in [0.29, 0.717) is 35.1 Å². The second kappa shape index (κ2) is 11.7. The smallest absolute Gasteiger partial charge is 0.254 e. The quantitative estimate of drug-likeness (QED) is 0.439. The monoisotopic (exact) mass is 470 g/mol. The lowest BCUT2D eigenvalue weighted by Crippen LogP contribution is -2.37. The van der Waals surface area contributed by atoms with Gasteiger partial charge in [0.15, 0.2) is 11.5 Å². The molecule has 1 aromatic heterocycles. The fourth-order valence-corrected chi connectivity index (χ4v) is 4.02. The van der Waals surface area contributed by atoms with E-state index in [2.05, 4.69) is 11.9 Å². The van der Waals surface area contributed by atoms with Crippen LogP contribution < -0.4 is 14.2 Å². The summed E-state index contributed by atoms with van der Waals surface area (Å²) >= 11 is 1.43. The molecule has 33 heavy (non-hydrogen) atoms. The Kier molecular flexibility index (Phi) is 8.68. The van der Waals surface area contributed by atoms with Crippen LogP contribution in [0.4, 0.5) is 0 Å². The highest BCUT2D eigenvalue weighted by Crippen LogP contribution is 2.30. The highest BCUT2D eigenvalue weighted by molar-refractivity contribution is 7.09. The van der Waals surface area contributed by atoms with Gasteiger partial charge in [-0.3, -0.25) is 4.79 Å². The van der Waals surface area contributed by atoms with Crippen LogP contribution in [0.5, 0.6) is 17.2 Å². The van der Waals surface area contributed by atoms with Gasteiger partial charge in [0.2, 0.25) is 0 Å². The van der Waals surface area contributed by atoms with Crippen LogP contribution in [0.2, 0.25) is 0 Å². The van der Waals surface area contributed by atoms with Gasteiger partial charge < -0.3 is 24.2 Å². The lowest BCUT2D eigenvalue weighted by molar-refractivity contribution is 0.0671. The summed E-state index contributed by atoms with van der Waals surface area (Å²) in [4.78, 5) is 19.5. The number of methoxy groups -OCH3 is 2. The van der Waals surface area contributed by atoms with Gasteiger partial charge in [-0.2, -0.15) is 0 Å². The number of aromatic nitrogens is 1. The van der Waals surface area contributed by atoms with E-state index in [4.69, 9.17) is 14.2 Å². The van der Waals surface area contributed by atoms with E-state index in [9.17, 15) is 9.90 Å². The molecule has 0 aliphatic carbocycles. The van der Waals surface area contributed by atoms with E-state index in [1.54, 1.807) is 31.7 Å². The van der Waals surface area contributed by atoms with Crippen LogP contribution in [0.25, 0.3) is 0 Å². The fourth-order valence-electron chi connectivity index (χ4n) is 3.33. The Morgan fingerprint density at radius 2 is 1.97 bits per heavy atom. The summed E-state index contributed by atoms with van der Waals surface area (Å²) in [5.41, 5.74) is 2.14. The highest BCUT2D eigenvalue weighted by Gasteiger charge is 2.22. The third-order valence-electron chi connectivity index (χ3n) is 5.39. The van der Waals surface area contributed by atoms with Gasteiger partial charge in [0.25, 0.3) is 5.91 Å². The predicted molar refractivity (Wildman–Crippen MR) is 128 cm³/mol. The zero-order valence-corrected chi connectivity index (χ0v) is 20.2. The molecular formula is C25H30N2O5S. The molecule has 0 saturated heterocycles. The van der Waals surface area contributed by atoms with E-state index in [1.807, 2.05) is 42.2 Å². The van der Waals surface area contributed by atoms with Crippen molar-refractivity contribution in [3.63, 3.8) is 0 Å². The molecule has 3 aromatic rings. The van der Waals surface area contributed by atoms with Gasteiger partial charge in [0.05, 0.1) is 26.5 Å². The second-order valence-corrected chi connectivity index (χ2v) is 8.53. The Morgan fingerprint density at radius 1 is 1.15 bits per heavy atom. The second-order valence-electron chi connectivity index (χ2n) is 7.59. The lowest BCUT2D eigenvalue weighted by atomic mass is 10.1. The van der Waals surface area contributed by atoms with Gasteiger partial charge in [0, 0.05) is 23.5 Å². The number of carbonyl (C=O) groups is 1.